The van der Waals surface area contributed by atoms with E-state index >= 15 is 0 Å². The fourth-order valence-corrected chi connectivity index (χ4v) is 1.75. The van der Waals surface area contributed by atoms with Crippen LogP contribution in [0.15, 0.2) is 18.5 Å². The quantitative estimate of drug-likeness (QED) is 0.630. The molecule has 0 fully saturated rings. The third-order valence-electron chi connectivity index (χ3n) is 2.49. The summed E-state index contributed by atoms with van der Waals surface area (Å²) < 4.78 is 16.0. The van der Waals surface area contributed by atoms with Crippen molar-refractivity contribution in [3.63, 3.8) is 0 Å². The highest BCUT2D eigenvalue weighted by atomic mass is 16.6. The molecule has 6 heteroatoms. The van der Waals surface area contributed by atoms with E-state index in [0.29, 0.717) is 28.3 Å². The number of hydrogen-bond donors (Lipinski definition) is 0. The van der Waals surface area contributed by atoms with E-state index in [0.717, 1.165) is 0 Å². The number of esters is 1. The van der Waals surface area contributed by atoms with E-state index in [4.69, 9.17) is 14.2 Å². The summed E-state index contributed by atoms with van der Waals surface area (Å²) in [6.45, 7) is 5.14. The van der Waals surface area contributed by atoms with Crippen molar-refractivity contribution in [2.75, 3.05) is 7.11 Å². The number of nitrogens with zero attached hydrogens (tertiary/aromatic N) is 2. The number of ether oxygens (including phenoxy) is 3. The Bertz CT molecular complexity index is 640. The van der Waals surface area contributed by atoms with Crippen molar-refractivity contribution in [2.24, 2.45) is 0 Å². The molecule has 0 aliphatic rings. The highest BCUT2D eigenvalue weighted by Gasteiger charge is 2.14. The van der Waals surface area contributed by atoms with Gasteiger partial charge in [0.05, 0.1) is 24.1 Å². The highest BCUT2D eigenvalue weighted by Crippen LogP contribution is 2.34. The minimum Gasteiger partial charge on any atom is -0.493 e. The van der Waals surface area contributed by atoms with Crippen LogP contribution in [0.1, 0.15) is 20.8 Å². The van der Waals surface area contributed by atoms with Crippen LogP contribution in [0.25, 0.3) is 10.9 Å². The molecule has 0 unspecified atom stereocenters. The van der Waals surface area contributed by atoms with Gasteiger partial charge in [0.1, 0.15) is 6.33 Å². The van der Waals surface area contributed by atoms with E-state index in [9.17, 15) is 4.79 Å². The molecule has 0 aliphatic heterocycles. The minimum absolute atomic E-state index is 0.0209. The summed E-state index contributed by atoms with van der Waals surface area (Å²) in [6, 6.07) is 3.33. The van der Waals surface area contributed by atoms with E-state index in [1.54, 1.807) is 12.1 Å². The summed E-state index contributed by atoms with van der Waals surface area (Å²) in [5, 5.41) is 0.665. The van der Waals surface area contributed by atoms with Gasteiger partial charge in [-0.2, -0.15) is 0 Å². The van der Waals surface area contributed by atoms with Crippen LogP contribution < -0.4 is 14.2 Å². The molecule has 0 saturated heterocycles. The van der Waals surface area contributed by atoms with Gasteiger partial charge in [-0.15, -0.1) is 0 Å². The zero-order valence-corrected chi connectivity index (χ0v) is 11.8. The molecule has 0 bridgehead atoms. The zero-order valence-electron chi connectivity index (χ0n) is 11.8. The summed E-state index contributed by atoms with van der Waals surface area (Å²) in [5.74, 6) is 0.768. The molecule has 1 aromatic carbocycles. The van der Waals surface area contributed by atoms with Crippen LogP contribution in [0.4, 0.5) is 0 Å². The molecule has 2 rings (SSSR count). The lowest BCUT2D eigenvalue weighted by Crippen LogP contribution is -2.08. The largest absolute Gasteiger partial charge is 0.493 e. The Balaban J connectivity index is 2.59. The van der Waals surface area contributed by atoms with Crippen molar-refractivity contribution in [1.82, 2.24) is 9.97 Å². The van der Waals surface area contributed by atoms with E-state index in [1.165, 1.54) is 20.4 Å². The van der Waals surface area contributed by atoms with Crippen molar-refractivity contribution in [3.05, 3.63) is 18.5 Å². The second-order valence-corrected chi connectivity index (χ2v) is 4.46. The first-order valence-corrected chi connectivity index (χ1v) is 6.19. The fraction of sp³-hybridized carbons (Fsp3) is 0.357. The SMILES string of the molecule is COc1cc2ncnc(OC(C)C)c2cc1OC(C)=O. The maximum absolute atomic E-state index is 11.1. The van der Waals surface area contributed by atoms with E-state index < -0.39 is 5.97 Å². The fourth-order valence-electron chi connectivity index (χ4n) is 1.75. The molecular formula is C14H16N2O4. The van der Waals surface area contributed by atoms with Gasteiger partial charge in [-0.1, -0.05) is 0 Å². The monoisotopic (exact) mass is 276 g/mol. The first kappa shape index (κ1) is 14.0. The molecule has 106 valence electrons. The third-order valence-corrected chi connectivity index (χ3v) is 2.49. The Morgan fingerprint density at radius 2 is 1.95 bits per heavy atom. The van der Waals surface area contributed by atoms with Gasteiger partial charge in [-0.25, -0.2) is 9.97 Å². The van der Waals surface area contributed by atoms with Gasteiger partial charge < -0.3 is 14.2 Å². The molecule has 0 radical (unpaired) electrons. The molecule has 1 heterocycles. The van der Waals surface area contributed by atoms with Crippen molar-refractivity contribution in [2.45, 2.75) is 26.9 Å². The summed E-state index contributed by atoms with van der Waals surface area (Å²) in [5.41, 5.74) is 0.656. The number of aromatic nitrogens is 2. The van der Waals surface area contributed by atoms with Gasteiger partial charge in [0, 0.05) is 13.0 Å². The second-order valence-electron chi connectivity index (χ2n) is 4.46. The number of methoxy groups -OCH3 is 1. The average Bonchev–Trinajstić information content (AvgIpc) is 2.37. The number of benzene rings is 1. The lowest BCUT2D eigenvalue weighted by Gasteiger charge is -2.13. The number of carbonyl (C=O) groups excluding carboxylic acids is 1. The number of carbonyl (C=O) groups is 1. The van der Waals surface area contributed by atoms with Gasteiger partial charge in [-0.3, -0.25) is 4.79 Å². The molecule has 1 aromatic heterocycles. The van der Waals surface area contributed by atoms with Crippen LogP contribution in [-0.2, 0) is 4.79 Å². The number of fused-ring (bicyclic) bond motifs is 1. The minimum atomic E-state index is -0.425. The van der Waals surface area contributed by atoms with Crippen LogP contribution >= 0.6 is 0 Å². The van der Waals surface area contributed by atoms with Gasteiger partial charge in [-0.05, 0) is 19.9 Å². The second kappa shape index (κ2) is 5.73. The summed E-state index contributed by atoms with van der Waals surface area (Å²) in [4.78, 5) is 19.4. The molecule has 20 heavy (non-hydrogen) atoms. The first-order chi connectivity index (χ1) is 9.51. The Morgan fingerprint density at radius 3 is 2.55 bits per heavy atom. The van der Waals surface area contributed by atoms with E-state index in [1.807, 2.05) is 13.8 Å². The molecule has 0 N–H and O–H groups in total. The number of hydrogen-bond acceptors (Lipinski definition) is 6. The maximum Gasteiger partial charge on any atom is 0.308 e. The lowest BCUT2D eigenvalue weighted by atomic mass is 10.2. The summed E-state index contributed by atoms with van der Waals surface area (Å²) in [6.07, 6.45) is 1.40. The molecular weight excluding hydrogens is 260 g/mol. The Morgan fingerprint density at radius 1 is 1.20 bits per heavy atom. The summed E-state index contributed by atoms with van der Waals surface area (Å²) in [7, 11) is 1.50. The van der Waals surface area contributed by atoms with Crippen molar-refractivity contribution in [3.8, 4) is 17.4 Å². The molecule has 0 aliphatic carbocycles. The van der Waals surface area contributed by atoms with Gasteiger partial charge in [0.2, 0.25) is 5.88 Å². The van der Waals surface area contributed by atoms with Crippen LogP contribution in [-0.4, -0.2) is 29.2 Å². The third kappa shape index (κ3) is 2.96. The molecule has 0 atom stereocenters. The zero-order chi connectivity index (χ0) is 14.7. The Hall–Kier alpha value is -2.37. The highest BCUT2D eigenvalue weighted by molar-refractivity contribution is 5.87. The standard InChI is InChI=1S/C14H16N2O4/c1-8(2)19-14-10-5-13(20-9(3)17)12(18-4)6-11(10)15-7-16-14/h5-8H,1-4H3. The molecule has 0 spiro atoms. The summed E-state index contributed by atoms with van der Waals surface area (Å²) >= 11 is 0. The molecule has 0 saturated carbocycles. The predicted molar refractivity (Wildman–Crippen MR) is 73.2 cm³/mol. The van der Waals surface area contributed by atoms with E-state index in [-0.39, 0.29) is 6.10 Å². The van der Waals surface area contributed by atoms with Gasteiger partial charge in [0.25, 0.3) is 0 Å². The van der Waals surface area contributed by atoms with Crippen molar-refractivity contribution < 1.29 is 19.0 Å². The molecule has 6 nitrogen and oxygen atoms in total. The lowest BCUT2D eigenvalue weighted by molar-refractivity contribution is -0.132. The van der Waals surface area contributed by atoms with Gasteiger partial charge in [0.15, 0.2) is 11.5 Å². The van der Waals surface area contributed by atoms with Crippen LogP contribution in [0.3, 0.4) is 0 Å². The van der Waals surface area contributed by atoms with Crippen LogP contribution in [0, 0.1) is 0 Å². The topological polar surface area (TPSA) is 70.5 Å². The van der Waals surface area contributed by atoms with Gasteiger partial charge >= 0.3 is 5.97 Å². The van der Waals surface area contributed by atoms with E-state index in [2.05, 4.69) is 9.97 Å². The predicted octanol–water partition coefficient (Wildman–Crippen LogP) is 2.35. The normalized spacial score (nSPS) is 10.7. The van der Waals surface area contributed by atoms with Crippen molar-refractivity contribution >= 4 is 16.9 Å². The Kier molecular flexibility index (Phi) is 4.02. The van der Waals surface area contributed by atoms with Crippen molar-refractivity contribution in [1.29, 1.82) is 0 Å². The molecule has 2 aromatic rings. The number of rotatable bonds is 4. The maximum atomic E-state index is 11.1. The first-order valence-electron chi connectivity index (χ1n) is 6.19. The van der Waals surface area contributed by atoms with Crippen LogP contribution in [0.5, 0.6) is 17.4 Å². The smallest absolute Gasteiger partial charge is 0.308 e. The average molecular weight is 276 g/mol. The Labute approximate surface area is 116 Å². The molecule has 0 amide bonds. The van der Waals surface area contributed by atoms with Crippen LogP contribution in [0.2, 0.25) is 0 Å².